The predicted octanol–water partition coefficient (Wildman–Crippen LogP) is 12.6. The molecule has 10 aromatic rings. The molecule has 0 N–H and O–H groups in total. The molecule has 4 heterocycles. The van der Waals surface area contributed by atoms with Crippen molar-refractivity contribution in [3.63, 3.8) is 0 Å². The summed E-state index contributed by atoms with van der Waals surface area (Å²) in [6, 6.07) is 51.4. The molecule has 4 aromatic heterocycles. The molecule has 0 aliphatic carbocycles. The Morgan fingerprint density at radius 2 is 1.04 bits per heavy atom. The summed E-state index contributed by atoms with van der Waals surface area (Å²) in [6.07, 6.45) is 3.96. The Morgan fingerprint density at radius 3 is 1.77 bits per heavy atom. The lowest BCUT2D eigenvalue weighted by Gasteiger charge is -2.09. The van der Waals surface area contributed by atoms with Gasteiger partial charge in [-0.3, -0.25) is 9.97 Å². The van der Waals surface area contributed by atoms with Gasteiger partial charge in [0.15, 0.2) is 0 Å². The van der Waals surface area contributed by atoms with E-state index in [0.29, 0.717) is 0 Å². The van der Waals surface area contributed by atoms with Crippen molar-refractivity contribution in [2.75, 3.05) is 0 Å². The Labute approximate surface area is 280 Å². The van der Waals surface area contributed by atoms with E-state index in [4.69, 9.17) is 14.4 Å². The van der Waals surface area contributed by atoms with E-state index in [2.05, 4.69) is 127 Å². The summed E-state index contributed by atoms with van der Waals surface area (Å²) in [5.41, 5.74) is 10.3. The van der Waals surface area contributed by atoms with Crippen molar-refractivity contribution in [3.8, 4) is 44.8 Å². The first-order valence-electron chi connectivity index (χ1n) is 16.0. The number of aromatic nitrogens is 2. The van der Waals surface area contributed by atoms with E-state index in [1.165, 1.54) is 36.5 Å². The molecule has 0 saturated carbocycles. The molecule has 10 rings (SSSR count). The summed E-state index contributed by atoms with van der Waals surface area (Å²) < 4.78 is 8.85. The summed E-state index contributed by atoms with van der Waals surface area (Å²) >= 11 is 1.84. The molecule has 0 atom stereocenters. The van der Waals surface area contributed by atoms with Crippen LogP contribution in [0, 0.1) is 0 Å². The highest BCUT2D eigenvalue weighted by Crippen LogP contribution is 2.40. The van der Waals surface area contributed by atoms with Crippen molar-refractivity contribution < 1.29 is 4.42 Å². The quantitative estimate of drug-likeness (QED) is 0.194. The van der Waals surface area contributed by atoms with Crippen molar-refractivity contribution in [2.45, 2.75) is 0 Å². The third kappa shape index (κ3) is 4.34. The van der Waals surface area contributed by atoms with E-state index < -0.39 is 0 Å². The summed E-state index contributed by atoms with van der Waals surface area (Å²) in [6.45, 7) is 0. The Balaban J connectivity index is 0.964. The highest BCUT2D eigenvalue weighted by atomic mass is 32.1. The molecular weight excluding hydrogens is 605 g/mol. The molecule has 0 spiro atoms. The number of hydrogen-bond acceptors (Lipinski definition) is 4. The number of fused-ring (bicyclic) bond motifs is 7. The van der Waals surface area contributed by atoms with E-state index in [0.717, 1.165) is 61.1 Å². The molecule has 0 radical (unpaired) electrons. The molecule has 48 heavy (non-hydrogen) atoms. The van der Waals surface area contributed by atoms with Crippen LogP contribution in [-0.4, -0.2) is 9.97 Å². The highest BCUT2D eigenvalue weighted by molar-refractivity contribution is 7.26. The maximum atomic E-state index is 6.26. The average molecular weight is 631 g/mol. The van der Waals surface area contributed by atoms with E-state index in [1.54, 1.807) is 0 Å². The zero-order chi connectivity index (χ0) is 31.6. The van der Waals surface area contributed by atoms with Crippen LogP contribution in [0.5, 0.6) is 0 Å². The molecule has 224 valence electrons. The van der Waals surface area contributed by atoms with Gasteiger partial charge < -0.3 is 4.42 Å². The predicted molar refractivity (Wildman–Crippen MR) is 201 cm³/mol. The van der Waals surface area contributed by atoms with Gasteiger partial charge in [0.05, 0.1) is 11.4 Å². The van der Waals surface area contributed by atoms with Crippen molar-refractivity contribution in [1.29, 1.82) is 0 Å². The monoisotopic (exact) mass is 630 g/mol. The highest BCUT2D eigenvalue weighted by Gasteiger charge is 2.14. The molecule has 0 bridgehead atoms. The average Bonchev–Trinajstić information content (AvgIpc) is 3.73. The van der Waals surface area contributed by atoms with Gasteiger partial charge in [0.25, 0.3) is 0 Å². The van der Waals surface area contributed by atoms with Crippen LogP contribution in [0.4, 0.5) is 0 Å². The van der Waals surface area contributed by atoms with E-state index in [1.807, 2.05) is 41.9 Å². The summed E-state index contributed by atoms with van der Waals surface area (Å²) in [5, 5.41) is 7.21. The number of hydrogen-bond donors (Lipinski definition) is 0. The first kappa shape index (κ1) is 27.1. The van der Waals surface area contributed by atoms with Gasteiger partial charge in [0, 0.05) is 65.6 Å². The number of para-hydroxylation sites is 2. The molecule has 0 amide bonds. The molecule has 0 aliphatic heterocycles. The number of benzene rings is 6. The van der Waals surface area contributed by atoms with Gasteiger partial charge >= 0.3 is 0 Å². The summed E-state index contributed by atoms with van der Waals surface area (Å²) in [5.74, 6) is 0. The Hall–Kier alpha value is -6.10. The maximum absolute atomic E-state index is 6.26. The van der Waals surface area contributed by atoms with Crippen LogP contribution in [-0.2, 0) is 0 Å². The van der Waals surface area contributed by atoms with Crippen LogP contribution in [0.3, 0.4) is 0 Å². The van der Waals surface area contributed by atoms with Gasteiger partial charge in [0.1, 0.15) is 11.2 Å². The molecule has 0 saturated heterocycles. The van der Waals surface area contributed by atoms with Gasteiger partial charge in [-0.2, -0.15) is 0 Å². The van der Waals surface area contributed by atoms with Crippen LogP contribution in [0.1, 0.15) is 0 Å². The Morgan fingerprint density at radius 1 is 0.438 bits per heavy atom. The standard InChI is InChI=1S/C44H26N2OS/c1-3-13-41-33(7-1)35-9-5-11-37(43(35)47-41)39-21-19-30(25-45-39)28-17-15-27-16-18-29(24-32(27)23-28)31-20-22-40(46-26-31)38-12-6-10-36-34-8-2-4-14-42(34)48-44(36)38/h1-26H. The minimum Gasteiger partial charge on any atom is -0.455 e. The fraction of sp³-hybridized carbons (Fsp3) is 0. The summed E-state index contributed by atoms with van der Waals surface area (Å²) in [7, 11) is 0. The molecule has 0 fully saturated rings. The second-order valence-corrected chi connectivity index (χ2v) is 13.3. The van der Waals surface area contributed by atoms with Gasteiger partial charge in [-0.15, -0.1) is 11.3 Å². The molecule has 4 heteroatoms. The zero-order valence-electron chi connectivity index (χ0n) is 25.7. The number of thiophene rings is 1. The lowest BCUT2D eigenvalue weighted by Crippen LogP contribution is -1.87. The third-order valence-corrected chi connectivity index (χ3v) is 10.6. The number of rotatable bonds is 4. The van der Waals surface area contributed by atoms with Crippen LogP contribution in [0.25, 0.3) is 97.7 Å². The zero-order valence-corrected chi connectivity index (χ0v) is 26.5. The number of nitrogens with zero attached hydrogens (tertiary/aromatic N) is 2. The normalized spacial score (nSPS) is 11.8. The number of pyridine rings is 2. The van der Waals surface area contributed by atoms with Gasteiger partial charge in [-0.05, 0) is 64.4 Å². The Kier molecular flexibility index (Phi) is 6.05. The first-order chi connectivity index (χ1) is 23.8. The minimum atomic E-state index is 0.872. The number of furan rings is 1. The van der Waals surface area contributed by atoms with Crippen LogP contribution >= 0.6 is 11.3 Å². The van der Waals surface area contributed by atoms with Gasteiger partial charge in [-0.25, -0.2) is 0 Å². The second kappa shape index (κ2) is 10.7. The largest absolute Gasteiger partial charge is 0.455 e. The smallest absolute Gasteiger partial charge is 0.144 e. The molecule has 0 unspecified atom stereocenters. The van der Waals surface area contributed by atoms with E-state index in [-0.39, 0.29) is 0 Å². The second-order valence-electron chi connectivity index (χ2n) is 12.2. The summed E-state index contributed by atoms with van der Waals surface area (Å²) in [4.78, 5) is 9.83. The molecule has 3 nitrogen and oxygen atoms in total. The molecule has 0 aliphatic rings. The van der Waals surface area contributed by atoms with Crippen molar-refractivity contribution in [1.82, 2.24) is 9.97 Å². The van der Waals surface area contributed by atoms with Crippen LogP contribution < -0.4 is 0 Å². The molecule has 6 aromatic carbocycles. The van der Waals surface area contributed by atoms with Crippen LogP contribution in [0.2, 0.25) is 0 Å². The van der Waals surface area contributed by atoms with Crippen molar-refractivity contribution in [2.24, 2.45) is 0 Å². The maximum Gasteiger partial charge on any atom is 0.144 e. The lowest BCUT2D eigenvalue weighted by molar-refractivity contribution is 0.670. The van der Waals surface area contributed by atoms with E-state index in [9.17, 15) is 0 Å². The van der Waals surface area contributed by atoms with E-state index >= 15 is 0 Å². The fourth-order valence-corrected chi connectivity index (χ4v) is 8.18. The topological polar surface area (TPSA) is 38.9 Å². The fourth-order valence-electron chi connectivity index (χ4n) is 6.95. The van der Waals surface area contributed by atoms with Crippen molar-refractivity contribution >= 4 is 64.2 Å². The third-order valence-electron chi connectivity index (χ3n) is 9.39. The lowest BCUT2D eigenvalue weighted by atomic mass is 9.98. The Bertz CT molecular complexity index is 2640. The minimum absolute atomic E-state index is 0.872. The van der Waals surface area contributed by atoms with Crippen molar-refractivity contribution in [3.05, 3.63) is 158 Å². The SMILES string of the molecule is c1ccc2c(c1)oc1c(-c3ccc(-c4ccc5ccc(-c6ccc(-c7cccc8c7sc7ccccc78)nc6)cc5c4)cn3)cccc12. The first-order valence-corrected chi connectivity index (χ1v) is 16.9. The molecular formula is C44H26N2OS. The van der Waals surface area contributed by atoms with Gasteiger partial charge in [0.2, 0.25) is 0 Å². The van der Waals surface area contributed by atoms with Crippen LogP contribution in [0.15, 0.2) is 162 Å². The van der Waals surface area contributed by atoms with Gasteiger partial charge in [-0.1, -0.05) is 103 Å².